The second kappa shape index (κ2) is 9.30. The number of carbonyl (C=O) groups is 2. The van der Waals surface area contributed by atoms with Gasteiger partial charge in [-0.15, -0.1) is 0 Å². The van der Waals surface area contributed by atoms with Gasteiger partial charge >= 0.3 is 6.09 Å². The molecule has 2 rings (SSSR count). The first kappa shape index (κ1) is 22.1. The van der Waals surface area contributed by atoms with Crippen molar-refractivity contribution in [1.29, 1.82) is 0 Å². The van der Waals surface area contributed by atoms with Gasteiger partial charge < -0.3 is 19.7 Å². The van der Waals surface area contributed by atoms with Gasteiger partial charge in [0.2, 0.25) is 6.41 Å². The van der Waals surface area contributed by atoms with Crippen molar-refractivity contribution in [1.82, 2.24) is 4.90 Å². The second-order valence-electron chi connectivity index (χ2n) is 8.64. The molecule has 0 aliphatic carbocycles. The monoisotopic (exact) mass is 390 g/mol. The molecule has 0 spiro atoms. The lowest BCUT2D eigenvalue weighted by molar-refractivity contribution is -0.105. The summed E-state index contributed by atoms with van der Waals surface area (Å²) in [5, 5.41) is 2.70. The van der Waals surface area contributed by atoms with Crippen LogP contribution < -0.4 is 10.1 Å². The van der Waals surface area contributed by atoms with Crippen LogP contribution >= 0.6 is 0 Å². The molecule has 156 valence electrons. The number of benzene rings is 1. The minimum Gasteiger partial charge on any atom is -0.489 e. The van der Waals surface area contributed by atoms with Gasteiger partial charge in [-0.1, -0.05) is 13.0 Å². The number of nitrogens with one attached hydrogen (secondary N) is 1. The van der Waals surface area contributed by atoms with E-state index in [1.54, 1.807) is 0 Å². The van der Waals surface area contributed by atoms with Crippen LogP contribution in [0.25, 0.3) is 0 Å². The SMILES string of the molecule is CCC1CC(c2ccc(NC=O)c(OC(C)C)c2)CCN1C(=O)OC(C)(C)C. The summed E-state index contributed by atoms with van der Waals surface area (Å²) in [6.07, 6.45) is 3.09. The van der Waals surface area contributed by atoms with E-state index in [9.17, 15) is 9.59 Å². The molecule has 1 aliphatic rings. The van der Waals surface area contributed by atoms with E-state index < -0.39 is 5.60 Å². The molecule has 28 heavy (non-hydrogen) atoms. The lowest BCUT2D eigenvalue weighted by Gasteiger charge is -2.40. The zero-order valence-corrected chi connectivity index (χ0v) is 18.0. The molecule has 1 aromatic rings. The molecule has 1 heterocycles. The van der Waals surface area contributed by atoms with Gasteiger partial charge in [-0.25, -0.2) is 4.79 Å². The molecule has 1 aromatic carbocycles. The number of hydrogen-bond acceptors (Lipinski definition) is 4. The summed E-state index contributed by atoms with van der Waals surface area (Å²) < 4.78 is 11.5. The Hall–Kier alpha value is -2.24. The van der Waals surface area contributed by atoms with Crippen LogP contribution in [0.4, 0.5) is 10.5 Å². The Bertz CT molecular complexity index is 682. The zero-order valence-electron chi connectivity index (χ0n) is 18.0. The summed E-state index contributed by atoms with van der Waals surface area (Å²) in [4.78, 5) is 25.3. The van der Waals surface area contributed by atoms with Gasteiger partial charge in [0, 0.05) is 12.6 Å². The largest absolute Gasteiger partial charge is 0.489 e. The molecular formula is C22H34N2O4. The molecule has 0 bridgehead atoms. The van der Waals surface area contributed by atoms with E-state index in [-0.39, 0.29) is 18.2 Å². The van der Waals surface area contributed by atoms with Crippen LogP contribution in [0, 0.1) is 0 Å². The van der Waals surface area contributed by atoms with Gasteiger partial charge in [0.25, 0.3) is 0 Å². The van der Waals surface area contributed by atoms with Crippen LogP contribution in [0.5, 0.6) is 5.75 Å². The van der Waals surface area contributed by atoms with Crippen LogP contribution in [0.3, 0.4) is 0 Å². The number of hydrogen-bond donors (Lipinski definition) is 1. The van der Waals surface area contributed by atoms with E-state index in [1.165, 1.54) is 5.56 Å². The van der Waals surface area contributed by atoms with Gasteiger partial charge in [-0.2, -0.15) is 0 Å². The van der Waals surface area contributed by atoms with Crippen molar-refractivity contribution in [2.75, 3.05) is 11.9 Å². The van der Waals surface area contributed by atoms with Crippen molar-refractivity contribution in [2.24, 2.45) is 0 Å². The van der Waals surface area contributed by atoms with E-state index in [0.29, 0.717) is 30.3 Å². The summed E-state index contributed by atoms with van der Waals surface area (Å²) in [7, 11) is 0. The van der Waals surface area contributed by atoms with Crippen LogP contribution in [0.1, 0.15) is 72.3 Å². The fraction of sp³-hybridized carbons (Fsp3) is 0.636. The Morgan fingerprint density at radius 2 is 2.07 bits per heavy atom. The topological polar surface area (TPSA) is 67.9 Å². The summed E-state index contributed by atoms with van der Waals surface area (Å²) in [5.41, 5.74) is 1.36. The number of likely N-dealkylation sites (tertiary alicyclic amines) is 1. The highest BCUT2D eigenvalue weighted by atomic mass is 16.6. The van der Waals surface area contributed by atoms with Crippen molar-refractivity contribution in [3.63, 3.8) is 0 Å². The molecule has 2 unspecified atom stereocenters. The maximum absolute atomic E-state index is 12.6. The predicted molar refractivity (Wildman–Crippen MR) is 111 cm³/mol. The number of carbonyl (C=O) groups excluding carboxylic acids is 2. The molecule has 6 nitrogen and oxygen atoms in total. The highest BCUT2D eigenvalue weighted by Gasteiger charge is 2.34. The summed E-state index contributed by atoms with van der Waals surface area (Å²) >= 11 is 0. The Kier molecular flexibility index (Phi) is 7.33. The first-order chi connectivity index (χ1) is 13.1. The second-order valence-corrected chi connectivity index (χ2v) is 8.64. The molecule has 6 heteroatoms. The fourth-order valence-corrected chi connectivity index (χ4v) is 3.63. The average molecular weight is 391 g/mol. The van der Waals surface area contributed by atoms with Gasteiger partial charge in [0.15, 0.2) is 0 Å². The summed E-state index contributed by atoms with van der Waals surface area (Å²) in [5.74, 6) is 1.02. The van der Waals surface area contributed by atoms with E-state index in [0.717, 1.165) is 19.3 Å². The molecule has 1 aliphatic heterocycles. The maximum Gasteiger partial charge on any atom is 0.410 e. The fourth-order valence-electron chi connectivity index (χ4n) is 3.63. The number of anilines is 1. The van der Waals surface area contributed by atoms with Crippen molar-refractivity contribution in [2.45, 2.75) is 84.5 Å². The van der Waals surface area contributed by atoms with E-state index in [2.05, 4.69) is 12.2 Å². The molecule has 2 atom stereocenters. The molecule has 1 N–H and O–H groups in total. The van der Waals surface area contributed by atoms with Crippen molar-refractivity contribution in [3.8, 4) is 5.75 Å². The number of rotatable bonds is 6. The number of amides is 2. The quantitative estimate of drug-likeness (QED) is 0.699. The lowest BCUT2D eigenvalue weighted by atomic mass is 9.84. The Balaban J connectivity index is 2.17. The molecule has 1 saturated heterocycles. The van der Waals surface area contributed by atoms with Gasteiger partial charge in [-0.05, 0) is 77.5 Å². The standard InChI is InChI=1S/C22H34N2O4/c1-7-18-12-17(10-11-24(18)21(26)28-22(4,5)6)16-8-9-19(23-14-25)20(13-16)27-15(2)3/h8-9,13-15,17-18H,7,10-12H2,1-6H3,(H,23,25). The van der Waals surface area contributed by atoms with E-state index >= 15 is 0 Å². The molecule has 0 radical (unpaired) electrons. The molecule has 2 amide bonds. The lowest BCUT2D eigenvalue weighted by Crippen LogP contribution is -2.47. The van der Waals surface area contributed by atoms with Crippen molar-refractivity contribution >= 4 is 18.2 Å². The molecule has 0 saturated carbocycles. The summed E-state index contributed by atoms with van der Waals surface area (Å²) in [6.45, 7) is 12.4. The smallest absolute Gasteiger partial charge is 0.410 e. The third-order valence-corrected chi connectivity index (χ3v) is 4.87. The Morgan fingerprint density at radius 3 is 2.64 bits per heavy atom. The van der Waals surface area contributed by atoms with Crippen molar-refractivity contribution < 1.29 is 19.1 Å². The van der Waals surface area contributed by atoms with Crippen LogP contribution in [0.2, 0.25) is 0 Å². The normalized spacial score (nSPS) is 20.0. The maximum atomic E-state index is 12.6. The molecular weight excluding hydrogens is 356 g/mol. The van der Waals surface area contributed by atoms with Gasteiger partial charge in [0.1, 0.15) is 11.4 Å². The van der Waals surface area contributed by atoms with Gasteiger partial charge in [0.05, 0.1) is 11.8 Å². The molecule has 1 fully saturated rings. The average Bonchev–Trinajstić information content (AvgIpc) is 2.61. The third-order valence-electron chi connectivity index (χ3n) is 4.87. The van der Waals surface area contributed by atoms with Crippen LogP contribution in [-0.4, -0.2) is 41.7 Å². The number of ether oxygens (including phenoxy) is 2. The Morgan fingerprint density at radius 1 is 1.36 bits per heavy atom. The first-order valence-electron chi connectivity index (χ1n) is 10.1. The predicted octanol–water partition coefficient (Wildman–Crippen LogP) is 4.94. The molecule has 0 aromatic heterocycles. The highest BCUT2D eigenvalue weighted by Crippen LogP contribution is 2.37. The number of piperidine rings is 1. The Labute approximate surface area is 168 Å². The minimum absolute atomic E-state index is 0.0138. The minimum atomic E-state index is -0.489. The zero-order chi connectivity index (χ0) is 20.9. The van der Waals surface area contributed by atoms with E-state index in [4.69, 9.17) is 9.47 Å². The summed E-state index contributed by atoms with van der Waals surface area (Å²) in [6, 6.07) is 6.10. The highest BCUT2D eigenvalue weighted by molar-refractivity contribution is 5.75. The van der Waals surface area contributed by atoms with E-state index in [1.807, 2.05) is 57.7 Å². The van der Waals surface area contributed by atoms with Crippen molar-refractivity contribution in [3.05, 3.63) is 23.8 Å². The van der Waals surface area contributed by atoms with Gasteiger partial charge in [-0.3, -0.25) is 4.79 Å². The van der Waals surface area contributed by atoms with Crippen LogP contribution in [-0.2, 0) is 9.53 Å². The first-order valence-corrected chi connectivity index (χ1v) is 10.1. The van der Waals surface area contributed by atoms with Crippen LogP contribution in [0.15, 0.2) is 18.2 Å². The number of nitrogens with zero attached hydrogens (tertiary/aromatic N) is 1. The third kappa shape index (κ3) is 5.88.